The summed E-state index contributed by atoms with van der Waals surface area (Å²) in [6, 6.07) is 2.84. The lowest BCUT2D eigenvalue weighted by atomic mass is 9.86. The highest BCUT2D eigenvalue weighted by molar-refractivity contribution is 7.10. The van der Waals surface area contributed by atoms with Crippen LogP contribution in [0.15, 0.2) is 11.4 Å². The molecule has 1 fully saturated rings. The molecule has 16 heavy (non-hydrogen) atoms. The second-order valence-corrected chi connectivity index (χ2v) is 5.81. The van der Waals surface area contributed by atoms with Crippen LogP contribution in [0.1, 0.15) is 36.1 Å². The summed E-state index contributed by atoms with van der Waals surface area (Å²) >= 11 is 1.84. The van der Waals surface area contributed by atoms with Gasteiger partial charge in [0.1, 0.15) is 0 Å². The van der Waals surface area contributed by atoms with Crippen molar-refractivity contribution in [3.05, 3.63) is 21.9 Å². The zero-order chi connectivity index (χ0) is 11.4. The number of hydrogen-bond acceptors (Lipinski definition) is 3. The van der Waals surface area contributed by atoms with Crippen molar-refractivity contribution in [2.24, 2.45) is 5.92 Å². The predicted molar refractivity (Wildman–Crippen MR) is 68.7 cm³/mol. The number of aliphatic hydroxyl groups excluding tert-OH is 1. The number of thiophene rings is 1. The Kier molecular flexibility index (Phi) is 4.38. The molecule has 0 aromatic carbocycles. The van der Waals surface area contributed by atoms with Gasteiger partial charge in [-0.2, -0.15) is 0 Å². The van der Waals surface area contributed by atoms with E-state index in [9.17, 15) is 0 Å². The van der Waals surface area contributed by atoms with Gasteiger partial charge in [0.05, 0.1) is 0 Å². The Morgan fingerprint density at radius 2 is 2.12 bits per heavy atom. The highest BCUT2D eigenvalue weighted by Crippen LogP contribution is 2.24. The van der Waals surface area contributed by atoms with Gasteiger partial charge in [0.25, 0.3) is 0 Å². The molecular formula is C13H21NOS. The van der Waals surface area contributed by atoms with Crippen LogP contribution in [0.3, 0.4) is 0 Å². The molecule has 1 aromatic heterocycles. The van der Waals surface area contributed by atoms with Gasteiger partial charge in [0.2, 0.25) is 0 Å². The first-order valence-corrected chi connectivity index (χ1v) is 7.04. The van der Waals surface area contributed by atoms with E-state index < -0.39 is 0 Å². The average Bonchev–Trinajstić information content (AvgIpc) is 2.73. The minimum atomic E-state index is 0.372. The summed E-state index contributed by atoms with van der Waals surface area (Å²) in [5.41, 5.74) is 1.40. The monoisotopic (exact) mass is 239 g/mol. The fraction of sp³-hybridized carbons (Fsp3) is 0.692. The van der Waals surface area contributed by atoms with Gasteiger partial charge in [0, 0.05) is 24.1 Å². The van der Waals surface area contributed by atoms with Gasteiger partial charge >= 0.3 is 0 Å². The SMILES string of the molecule is Cc1ccsc1CNC1CCC(CO)CC1. The normalized spacial score (nSPS) is 25.9. The standard InChI is InChI=1S/C13H21NOS/c1-10-6-7-16-13(10)8-14-12-4-2-11(9-15)3-5-12/h6-7,11-12,14-15H,2-5,8-9H2,1H3. The fourth-order valence-electron chi connectivity index (χ4n) is 2.37. The number of aryl methyl sites for hydroxylation is 1. The van der Waals surface area contributed by atoms with Crippen LogP contribution >= 0.6 is 11.3 Å². The third kappa shape index (κ3) is 3.06. The highest BCUT2D eigenvalue weighted by Gasteiger charge is 2.20. The van der Waals surface area contributed by atoms with Gasteiger partial charge in [-0.1, -0.05) is 0 Å². The third-order valence-corrected chi connectivity index (χ3v) is 4.65. The van der Waals surface area contributed by atoms with Crippen molar-refractivity contribution in [2.45, 2.75) is 45.2 Å². The zero-order valence-corrected chi connectivity index (χ0v) is 10.7. The number of aliphatic hydroxyl groups is 1. The molecule has 0 unspecified atom stereocenters. The van der Waals surface area contributed by atoms with Crippen molar-refractivity contribution in [1.29, 1.82) is 0 Å². The molecular weight excluding hydrogens is 218 g/mol. The molecule has 0 radical (unpaired) electrons. The molecule has 2 nitrogen and oxygen atoms in total. The van der Waals surface area contributed by atoms with Gasteiger partial charge in [0.15, 0.2) is 0 Å². The summed E-state index contributed by atoms with van der Waals surface area (Å²) in [5, 5.41) is 14.9. The fourth-order valence-corrected chi connectivity index (χ4v) is 3.23. The lowest BCUT2D eigenvalue weighted by Crippen LogP contribution is -2.33. The van der Waals surface area contributed by atoms with Gasteiger partial charge in [-0.05, 0) is 55.5 Å². The van der Waals surface area contributed by atoms with Crippen LogP contribution in [0, 0.1) is 12.8 Å². The Hall–Kier alpha value is -0.380. The number of nitrogens with one attached hydrogen (secondary N) is 1. The summed E-state index contributed by atoms with van der Waals surface area (Å²) < 4.78 is 0. The van der Waals surface area contributed by atoms with Crippen LogP contribution in [0.4, 0.5) is 0 Å². The lowest BCUT2D eigenvalue weighted by Gasteiger charge is -2.28. The Balaban J connectivity index is 1.73. The first-order chi connectivity index (χ1) is 7.79. The molecule has 1 aromatic rings. The maximum atomic E-state index is 9.08. The minimum Gasteiger partial charge on any atom is -0.396 e. The highest BCUT2D eigenvalue weighted by atomic mass is 32.1. The van der Waals surface area contributed by atoms with Crippen LogP contribution in [0.5, 0.6) is 0 Å². The zero-order valence-electron chi connectivity index (χ0n) is 9.91. The average molecular weight is 239 g/mol. The van der Waals surface area contributed by atoms with Crippen molar-refractivity contribution in [2.75, 3.05) is 6.61 Å². The second kappa shape index (κ2) is 5.80. The van der Waals surface area contributed by atoms with Crippen molar-refractivity contribution in [1.82, 2.24) is 5.32 Å². The van der Waals surface area contributed by atoms with Crippen LogP contribution in [-0.2, 0) is 6.54 Å². The van der Waals surface area contributed by atoms with E-state index in [2.05, 4.69) is 23.7 Å². The van der Waals surface area contributed by atoms with E-state index in [-0.39, 0.29) is 0 Å². The summed E-state index contributed by atoms with van der Waals surface area (Å²) in [6.45, 7) is 3.56. The molecule has 90 valence electrons. The van der Waals surface area contributed by atoms with Gasteiger partial charge in [-0.15, -0.1) is 11.3 Å². The lowest BCUT2D eigenvalue weighted by molar-refractivity contribution is 0.175. The summed E-state index contributed by atoms with van der Waals surface area (Å²) in [5.74, 6) is 0.557. The van der Waals surface area contributed by atoms with Crippen molar-refractivity contribution in [3.8, 4) is 0 Å². The smallest absolute Gasteiger partial charge is 0.0459 e. The Labute approximate surface area is 102 Å². The van der Waals surface area contributed by atoms with Crippen LogP contribution in [0.2, 0.25) is 0 Å². The van der Waals surface area contributed by atoms with Gasteiger partial charge in [-0.3, -0.25) is 0 Å². The molecule has 1 saturated carbocycles. The Bertz CT molecular complexity index is 315. The quantitative estimate of drug-likeness (QED) is 0.846. The third-order valence-electron chi connectivity index (χ3n) is 3.62. The van der Waals surface area contributed by atoms with E-state index in [1.165, 1.54) is 36.1 Å². The first kappa shape index (κ1) is 12.1. The summed E-state index contributed by atoms with van der Waals surface area (Å²) in [4.78, 5) is 1.46. The predicted octanol–water partition coefficient (Wildman–Crippen LogP) is 2.70. The topological polar surface area (TPSA) is 32.3 Å². The maximum absolute atomic E-state index is 9.08. The molecule has 0 spiro atoms. The molecule has 0 aliphatic heterocycles. The Morgan fingerprint density at radius 1 is 1.38 bits per heavy atom. The first-order valence-electron chi connectivity index (χ1n) is 6.17. The number of rotatable bonds is 4. The molecule has 2 N–H and O–H groups in total. The van der Waals surface area contributed by atoms with Crippen molar-refractivity contribution >= 4 is 11.3 Å². The molecule has 0 saturated heterocycles. The molecule has 1 aliphatic rings. The van der Waals surface area contributed by atoms with Crippen LogP contribution in [-0.4, -0.2) is 17.8 Å². The number of hydrogen-bond donors (Lipinski definition) is 2. The van der Waals surface area contributed by atoms with Gasteiger partial charge < -0.3 is 10.4 Å². The molecule has 2 rings (SSSR count). The van der Waals surface area contributed by atoms with E-state index in [1.807, 2.05) is 11.3 Å². The van der Waals surface area contributed by atoms with E-state index in [1.54, 1.807) is 0 Å². The molecule has 0 bridgehead atoms. The van der Waals surface area contributed by atoms with Crippen molar-refractivity contribution < 1.29 is 5.11 Å². The van der Waals surface area contributed by atoms with Gasteiger partial charge in [-0.25, -0.2) is 0 Å². The largest absolute Gasteiger partial charge is 0.396 e. The molecule has 1 heterocycles. The summed E-state index contributed by atoms with van der Waals surface area (Å²) in [6.07, 6.45) is 4.79. The molecule has 0 atom stereocenters. The van der Waals surface area contributed by atoms with Crippen LogP contribution < -0.4 is 5.32 Å². The van der Waals surface area contributed by atoms with E-state index >= 15 is 0 Å². The second-order valence-electron chi connectivity index (χ2n) is 4.81. The molecule has 1 aliphatic carbocycles. The molecule has 0 amide bonds. The van der Waals surface area contributed by atoms with Crippen molar-refractivity contribution in [3.63, 3.8) is 0 Å². The summed E-state index contributed by atoms with van der Waals surface area (Å²) in [7, 11) is 0. The van der Waals surface area contributed by atoms with E-state index in [0.717, 1.165) is 6.54 Å². The Morgan fingerprint density at radius 3 is 2.69 bits per heavy atom. The van der Waals surface area contributed by atoms with E-state index in [4.69, 9.17) is 5.11 Å². The molecule has 3 heteroatoms. The van der Waals surface area contributed by atoms with Crippen LogP contribution in [0.25, 0.3) is 0 Å². The van der Waals surface area contributed by atoms with E-state index in [0.29, 0.717) is 18.6 Å². The maximum Gasteiger partial charge on any atom is 0.0459 e. The minimum absolute atomic E-state index is 0.372.